The SMILES string of the molecule is Brc1ccc(-c2nc(CNCCN3CCOCC3)co2)cc1. The topological polar surface area (TPSA) is 50.5 Å². The van der Waals surface area contributed by atoms with Gasteiger partial charge in [0.15, 0.2) is 0 Å². The minimum Gasteiger partial charge on any atom is -0.444 e. The van der Waals surface area contributed by atoms with Crippen LogP contribution < -0.4 is 5.32 Å². The van der Waals surface area contributed by atoms with Gasteiger partial charge in [-0.2, -0.15) is 0 Å². The van der Waals surface area contributed by atoms with Gasteiger partial charge in [0.1, 0.15) is 6.26 Å². The number of hydrogen-bond donors (Lipinski definition) is 1. The van der Waals surface area contributed by atoms with Gasteiger partial charge in [-0.05, 0) is 24.3 Å². The largest absolute Gasteiger partial charge is 0.444 e. The fourth-order valence-corrected chi connectivity index (χ4v) is 2.66. The van der Waals surface area contributed by atoms with E-state index in [1.54, 1.807) is 6.26 Å². The average Bonchev–Trinajstić information content (AvgIpc) is 3.02. The lowest BCUT2D eigenvalue weighted by atomic mass is 10.2. The number of oxazole rings is 1. The van der Waals surface area contributed by atoms with Crippen molar-refractivity contribution in [3.05, 3.63) is 40.7 Å². The zero-order chi connectivity index (χ0) is 15.2. The summed E-state index contributed by atoms with van der Waals surface area (Å²) >= 11 is 3.43. The van der Waals surface area contributed by atoms with Crippen LogP contribution in [0.25, 0.3) is 11.5 Å². The highest BCUT2D eigenvalue weighted by molar-refractivity contribution is 9.10. The van der Waals surface area contributed by atoms with Crippen molar-refractivity contribution >= 4 is 15.9 Å². The molecule has 1 aromatic carbocycles. The highest BCUT2D eigenvalue weighted by Crippen LogP contribution is 2.21. The Morgan fingerprint density at radius 3 is 2.73 bits per heavy atom. The van der Waals surface area contributed by atoms with Crippen molar-refractivity contribution in [3.8, 4) is 11.5 Å². The molecular formula is C16H20BrN3O2. The zero-order valence-electron chi connectivity index (χ0n) is 12.4. The minimum absolute atomic E-state index is 0.664. The van der Waals surface area contributed by atoms with Crippen LogP contribution in [-0.4, -0.2) is 49.3 Å². The third-order valence-corrected chi connectivity index (χ3v) is 4.19. The van der Waals surface area contributed by atoms with Crippen molar-refractivity contribution in [1.82, 2.24) is 15.2 Å². The predicted octanol–water partition coefficient (Wildman–Crippen LogP) is 2.53. The van der Waals surface area contributed by atoms with Crippen LogP contribution in [0.4, 0.5) is 0 Å². The molecule has 1 aliphatic heterocycles. The van der Waals surface area contributed by atoms with E-state index in [4.69, 9.17) is 9.15 Å². The van der Waals surface area contributed by atoms with Crippen LogP contribution in [-0.2, 0) is 11.3 Å². The summed E-state index contributed by atoms with van der Waals surface area (Å²) in [6, 6.07) is 7.96. The fourth-order valence-electron chi connectivity index (χ4n) is 2.39. The third kappa shape index (κ3) is 4.39. The molecule has 0 saturated carbocycles. The minimum atomic E-state index is 0.664. The molecule has 0 spiro atoms. The van der Waals surface area contributed by atoms with Crippen molar-refractivity contribution in [2.24, 2.45) is 0 Å². The van der Waals surface area contributed by atoms with Gasteiger partial charge < -0.3 is 14.5 Å². The second-order valence-electron chi connectivity index (χ2n) is 5.28. The molecule has 6 heteroatoms. The van der Waals surface area contributed by atoms with Crippen molar-refractivity contribution < 1.29 is 9.15 Å². The number of morpholine rings is 1. The molecular weight excluding hydrogens is 346 g/mol. The molecule has 1 fully saturated rings. The fraction of sp³-hybridized carbons (Fsp3) is 0.438. The summed E-state index contributed by atoms with van der Waals surface area (Å²) in [5.74, 6) is 0.664. The van der Waals surface area contributed by atoms with Crippen LogP contribution in [0.5, 0.6) is 0 Å². The Morgan fingerprint density at radius 2 is 1.95 bits per heavy atom. The van der Waals surface area contributed by atoms with Gasteiger partial charge in [-0.3, -0.25) is 4.90 Å². The van der Waals surface area contributed by atoms with Gasteiger partial charge in [0.25, 0.3) is 0 Å². The standard InChI is InChI=1S/C16H20BrN3O2/c17-14-3-1-13(2-4-14)16-19-15(12-22-16)11-18-5-6-20-7-9-21-10-8-20/h1-4,12,18H,5-11H2. The first kappa shape index (κ1) is 15.7. The molecule has 0 atom stereocenters. The van der Waals surface area contributed by atoms with E-state index in [1.807, 2.05) is 24.3 Å². The maximum absolute atomic E-state index is 5.54. The van der Waals surface area contributed by atoms with Gasteiger partial charge in [0.2, 0.25) is 5.89 Å². The molecule has 118 valence electrons. The average molecular weight is 366 g/mol. The van der Waals surface area contributed by atoms with Crippen molar-refractivity contribution in [2.45, 2.75) is 6.54 Å². The number of nitrogens with zero attached hydrogens (tertiary/aromatic N) is 2. The molecule has 2 heterocycles. The van der Waals surface area contributed by atoms with Crippen molar-refractivity contribution in [3.63, 3.8) is 0 Å². The molecule has 1 aromatic heterocycles. The van der Waals surface area contributed by atoms with Gasteiger partial charge in [-0.1, -0.05) is 15.9 Å². The molecule has 5 nitrogen and oxygen atoms in total. The van der Waals surface area contributed by atoms with E-state index in [0.717, 1.165) is 61.7 Å². The Hall–Kier alpha value is -1.21. The van der Waals surface area contributed by atoms with E-state index in [0.29, 0.717) is 5.89 Å². The first-order valence-corrected chi connectivity index (χ1v) is 8.32. The first-order chi connectivity index (χ1) is 10.8. The zero-order valence-corrected chi connectivity index (χ0v) is 14.0. The van der Waals surface area contributed by atoms with Crippen molar-refractivity contribution in [1.29, 1.82) is 0 Å². The summed E-state index contributed by atoms with van der Waals surface area (Å²) in [5, 5.41) is 3.41. The molecule has 1 aliphatic rings. The second kappa shape index (κ2) is 7.87. The normalized spacial score (nSPS) is 16.0. The van der Waals surface area contributed by atoms with Gasteiger partial charge >= 0.3 is 0 Å². The Balaban J connectivity index is 1.44. The molecule has 0 amide bonds. The summed E-state index contributed by atoms with van der Waals surface area (Å²) in [5.41, 5.74) is 1.92. The number of hydrogen-bond acceptors (Lipinski definition) is 5. The molecule has 0 bridgehead atoms. The van der Waals surface area contributed by atoms with Crippen LogP contribution in [0.3, 0.4) is 0 Å². The highest BCUT2D eigenvalue weighted by Gasteiger charge is 2.10. The summed E-state index contributed by atoms with van der Waals surface area (Å²) in [6.07, 6.45) is 1.72. The van der Waals surface area contributed by atoms with E-state index in [-0.39, 0.29) is 0 Å². The molecule has 2 aromatic rings. The summed E-state index contributed by atoms with van der Waals surface area (Å²) in [6.45, 7) is 6.46. The number of aromatic nitrogens is 1. The van der Waals surface area contributed by atoms with E-state index in [9.17, 15) is 0 Å². The lowest BCUT2D eigenvalue weighted by Gasteiger charge is -2.26. The molecule has 22 heavy (non-hydrogen) atoms. The third-order valence-electron chi connectivity index (χ3n) is 3.66. The maximum Gasteiger partial charge on any atom is 0.226 e. The smallest absolute Gasteiger partial charge is 0.226 e. The van der Waals surface area contributed by atoms with Crippen molar-refractivity contribution in [2.75, 3.05) is 39.4 Å². The lowest BCUT2D eigenvalue weighted by molar-refractivity contribution is 0.0384. The molecule has 1 N–H and O–H groups in total. The van der Waals surface area contributed by atoms with Crippen LogP contribution >= 0.6 is 15.9 Å². The maximum atomic E-state index is 5.54. The van der Waals surface area contributed by atoms with Crippen LogP contribution in [0.15, 0.2) is 39.4 Å². The van der Waals surface area contributed by atoms with E-state index >= 15 is 0 Å². The van der Waals surface area contributed by atoms with Crippen LogP contribution in [0.2, 0.25) is 0 Å². The Morgan fingerprint density at radius 1 is 1.18 bits per heavy atom. The number of halogens is 1. The molecule has 0 radical (unpaired) electrons. The summed E-state index contributed by atoms with van der Waals surface area (Å²) in [7, 11) is 0. The van der Waals surface area contributed by atoms with E-state index in [2.05, 4.69) is 31.1 Å². The second-order valence-corrected chi connectivity index (χ2v) is 6.20. The predicted molar refractivity (Wildman–Crippen MR) is 88.6 cm³/mol. The van der Waals surface area contributed by atoms with Gasteiger partial charge in [-0.25, -0.2) is 4.98 Å². The quantitative estimate of drug-likeness (QED) is 0.797. The molecule has 3 rings (SSSR count). The van der Waals surface area contributed by atoms with Gasteiger partial charge in [0, 0.05) is 42.8 Å². The summed E-state index contributed by atoms with van der Waals surface area (Å²) in [4.78, 5) is 6.93. The first-order valence-electron chi connectivity index (χ1n) is 7.52. The molecule has 0 unspecified atom stereocenters. The molecule has 1 saturated heterocycles. The van der Waals surface area contributed by atoms with E-state index < -0.39 is 0 Å². The van der Waals surface area contributed by atoms with Gasteiger partial charge in [0.05, 0.1) is 18.9 Å². The van der Waals surface area contributed by atoms with E-state index in [1.165, 1.54) is 0 Å². The lowest BCUT2D eigenvalue weighted by Crippen LogP contribution is -2.40. The Bertz CT molecular complexity index is 579. The number of ether oxygens (including phenoxy) is 1. The highest BCUT2D eigenvalue weighted by atomic mass is 79.9. The van der Waals surface area contributed by atoms with Gasteiger partial charge in [-0.15, -0.1) is 0 Å². The van der Waals surface area contributed by atoms with Crippen LogP contribution in [0, 0.1) is 0 Å². The Labute approximate surface area is 138 Å². The number of benzene rings is 1. The monoisotopic (exact) mass is 365 g/mol. The summed E-state index contributed by atoms with van der Waals surface area (Å²) < 4.78 is 11.9. The molecule has 0 aliphatic carbocycles. The number of rotatable bonds is 6. The number of nitrogens with one attached hydrogen (secondary N) is 1. The Kier molecular flexibility index (Phi) is 5.61. The van der Waals surface area contributed by atoms with Crippen LogP contribution in [0.1, 0.15) is 5.69 Å².